The van der Waals surface area contributed by atoms with Gasteiger partial charge in [-0.05, 0) is 64.3 Å². The maximum absolute atomic E-state index is 12.9. The third-order valence-corrected chi connectivity index (χ3v) is 4.64. The lowest BCUT2D eigenvalue weighted by Gasteiger charge is -2.36. The highest BCUT2D eigenvalue weighted by Gasteiger charge is 2.45. The molecule has 2 aromatic rings. The zero-order valence-electron chi connectivity index (χ0n) is 17.9. The second-order valence-electron chi connectivity index (χ2n) is 8.78. The van der Waals surface area contributed by atoms with Crippen molar-refractivity contribution in [1.29, 1.82) is 0 Å². The van der Waals surface area contributed by atoms with Gasteiger partial charge in [-0.1, -0.05) is 25.4 Å². The molecule has 2 aromatic heterocycles. The summed E-state index contributed by atoms with van der Waals surface area (Å²) in [6.07, 6.45) is 2.92. The number of hydrogen-bond donors (Lipinski definition) is 1. The Balaban J connectivity index is 2.26. The van der Waals surface area contributed by atoms with Crippen molar-refractivity contribution in [1.82, 2.24) is 9.97 Å². The minimum atomic E-state index is -1.05. The van der Waals surface area contributed by atoms with Gasteiger partial charge in [0.15, 0.2) is 17.1 Å². The number of nitrogens with zero attached hydrogens (tertiary/aromatic N) is 2. The first-order chi connectivity index (χ1) is 13.4. The molecule has 0 fully saturated rings. The van der Waals surface area contributed by atoms with Crippen molar-refractivity contribution >= 4 is 17.6 Å². The van der Waals surface area contributed by atoms with Gasteiger partial charge in [0.05, 0.1) is 5.69 Å². The summed E-state index contributed by atoms with van der Waals surface area (Å²) < 4.78 is 11.5. The molecule has 2 unspecified atom stereocenters. The highest BCUT2D eigenvalue weighted by atomic mass is 35.5. The van der Waals surface area contributed by atoms with E-state index in [1.807, 2.05) is 46.8 Å². The summed E-state index contributed by atoms with van der Waals surface area (Å²) in [6.45, 7) is 11.3. The summed E-state index contributed by atoms with van der Waals surface area (Å²) >= 11 is 6.34. The second kappa shape index (κ2) is 9.09. The molecular formula is C22H30ClN3O3. The Morgan fingerprint density at radius 2 is 1.76 bits per heavy atom. The molecule has 0 aliphatic heterocycles. The molecule has 0 saturated carbocycles. The maximum Gasteiger partial charge on any atom is 0.317 e. The van der Waals surface area contributed by atoms with Crippen molar-refractivity contribution < 1.29 is 14.3 Å². The van der Waals surface area contributed by atoms with E-state index in [4.69, 9.17) is 26.8 Å². The number of esters is 1. The first kappa shape index (κ1) is 23.1. The zero-order chi connectivity index (χ0) is 21.8. The largest absolute Gasteiger partial charge is 0.471 e. The van der Waals surface area contributed by atoms with Gasteiger partial charge in [-0.2, -0.15) is 0 Å². The highest BCUT2D eigenvalue weighted by molar-refractivity contribution is 6.31. The van der Waals surface area contributed by atoms with Gasteiger partial charge in [0, 0.05) is 18.0 Å². The summed E-state index contributed by atoms with van der Waals surface area (Å²) in [5.41, 5.74) is 6.26. The predicted octanol–water partition coefficient (Wildman–Crippen LogP) is 4.85. The smallest absolute Gasteiger partial charge is 0.317 e. The van der Waals surface area contributed by atoms with Crippen molar-refractivity contribution in [2.75, 3.05) is 0 Å². The Bertz CT molecular complexity index is 837. The van der Waals surface area contributed by atoms with Crippen molar-refractivity contribution in [3.8, 4) is 17.0 Å². The SMILES string of the molecule is CC(C)CC(C)(C(=O)OC(C)(C)C)C(N)Oc1ccc(-c2ccncc2)nc1Cl. The van der Waals surface area contributed by atoms with Crippen LogP contribution in [0.25, 0.3) is 11.3 Å². The molecule has 29 heavy (non-hydrogen) atoms. The highest BCUT2D eigenvalue weighted by Crippen LogP contribution is 2.35. The van der Waals surface area contributed by atoms with Gasteiger partial charge < -0.3 is 9.47 Å². The number of ether oxygens (including phenoxy) is 2. The molecule has 2 N–H and O–H groups in total. The van der Waals surface area contributed by atoms with Crippen molar-refractivity contribution in [2.45, 2.75) is 59.8 Å². The quantitative estimate of drug-likeness (QED) is 0.392. The van der Waals surface area contributed by atoms with Gasteiger partial charge in [0.25, 0.3) is 0 Å². The molecule has 0 radical (unpaired) electrons. The van der Waals surface area contributed by atoms with Crippen molar-refractivity contribution in [2.24, 2.45) is 17.1 Å². The lowest BCUT2D eigenvalue weighted by Crippen LogP contribution is -2.52. The van der Waals surface area contributed by atoms with Gasteiger partial charge in [-0.3, -0.25) is 15.5 Å². The van der Waals surface area contributed by atoms with Crippen LogP contribution >= 0.6 is 11.6 Å². The summed E-state index contributed by atoms with van der Waals surface area (Å²) in [4.78, 5) is 21.3. The van der Waals surface area contributed by atoms with Crippen LogP contribution in [0.5, 0.6) is 5.75 Å². The zero-order valence-corrected chi connectivity index (χ0v) is 18.7. The molecule has 2 rings (SSSR count). The van der Waals surface area contributed by atoms with Crippen LogP contribution in [0.3, 0.4) is 0 Å². The first-order valence-electron chi connectivity index (χ1n) is 9.65. The van der Waals surface area contributed by atoms with E-state index in [1.165, 1.54) is 0 Å². The fourth-order valence-corrected chi connectivity index (χ4v) is 3.22. The summed E-state index contributed by atoms with van der Waals surface area (Å²) in [5.74, 6) is 0.129. The number of carbonyl (C=O) groups is 1. The van der Waals surface area contributed by atoms with Gasteiger partial charge in [0.2, 0.25) is 0 Å². The van der Waals surface area contributed by atoms with Crippen molar-refractivity contribution in [3.05, 3.63) is 41.8 Å². The molecule has 0 aliphatic rings. The van der Waals surface area contributed by atoms with Gasteiger partial charge >= 0.3 is 5.97 Å². The number of nitrogens with two attached hydrogens (primary N) is 1. The Hall–Kier alpha value is -2.18. The standard InChI is InChI=1S/C22H30ClN3O3/c1-14(2)13-22(6,20(27)29-21(3,4)5)19(24)28-17-8-7-16(26-18(17)23)15-9-11-25-12-10-15/h7-12,14,19H,13,24H2,1-6H3. The normalized spacial score (nSPS) is 14.9. The van der Waals surface area contributed by atoms with E-state index in [0.717, 1.165) is 5.56 Å². The second-order valence-corrected chi connectivity index (χ2v) is 9.14. The molecule has 0 aliphatic carbocycles. The molecule has 2 atom stereocenters. The van der Waals surface area contributed by atoms with Crippen LogP contribution in [0.4, 0.5) is 0 Å². The van der Waals surface area contributed by atoms with Crippen LogP contribution in [0.2, 0.25) is 5.15 Å². The Morgan fingerprint density at radius 3 is 2.28 bits per heavy atom. The number of carbonyl (C=O) groups excluding carboxylic acids is 1. The first-order valence-corrected chi connectivity index (χ1v) is 10.0. The molecule has 0 saturated heterocycles. The minimum Gasteiger partial charge on any atom is -0.471 e. The summed E-state index contributed by atoms with van der Waals surface area (Å²) in [5, 5.41) is 0.172. The van der Waals surface area contributed by atoms with Crippen LogP contribution in [0.1, 0.15) is 48.0 Å². The molecule has 2 heterocycles. The molecule has 6 nitrogen and oxygen atoms in total. The molecular weight excluding hydrogens is 390 g/mol. The monoisotopic (exact) mass is 419 g/mol. The van der Waals surface area contributed by atoms with E-state index >= 15 is 0 Å². The van der Waals surface area contributed by atoms with Crippen LogP contribution in [-0.2, 0) is 9.53 Å². The summed E-state index contributed by atoms with van der Waals surface area (Å²) in [7, 11) is 0. The molecule has 0 amide bonds. The fourth-order valence-electron chi connectivity index (χ4n) is 3.02. The van der Waals surface area contributed by atoms with E-state index in [9.17, 15) is 4.79 Å². The summed E-state index contributed by atoms with van der Waals surface area (Å²) in [6, 6.07) is 7.17. The molecule has 0 bridgehead atoms. The third-order valence-electron chi connectivity index (χ3n) is 4.37. The lowest BCUT2D eigenvalue weighted by molar-refractivity contribution is -0.173. The Kier molecular flexibility index (Phi) is 7.25. The number of pyridine rings is 2. The van der Waals surface area contributed by atoms with Gasteiger partial charge in [-0.25, -0.2) is 4.98 Å². The topological polar surface area (TPSA) is 87.3 Å². The molecule has 0 aromatic carbocycles. The number of hydrogen-bond acceptors (Lipinski definition) is 6. The van der Waals surface area contributed by atoms with Gasteiger partial charge in [0.1, 0.15) is 11.0 Å². The van der Waals surface area contributed by atoms with E-state index in [0.29, 0.717) is 17.9 Å². The number of aromatic nitrogens is 2. The van der Waals surface area contributed by atoms with Gasteiger partial charge in [-0.15, -0.1) is 0 Å². The van der Waals surface area contributed by atoms with E-state index in [2.05, 4.69) is 9.97 Å². The van der Waals surface area contributed by atoms with Crippen LogP contribution in [0, 0.1) is 11.3 Å². The molecule has 158 valence electrons. The van der Waals surface area contributed by atoms with Crippen LogP contribution < -0.4 is 10.5 Å². The van der Waals surface area contributed by atoms with E-state index in [1.54, 1.807) is 31.5 Å². The molecule has 7 heteroatoms. The van der Waals surface area contributed by atoms with Crippen molar-refractivity contribution in [3.63, 3.8) is 0 Å². The van der Waals surface area contributed by atoms with E-state index in [-0.39, 0.29) is 11.1 Å². The number of halogens is 1. The maximum atomic E-state index is 12.9. The lowest BCUT2D eigenvalue weighted by atomic mass is 9.80. The number of rotatable bonds is 7. The Morgan fingerprint density at radius 1 is 1.14 bits per heavy atom. The average Bonchev–Trinajstić information content (AvgIpc) is 2.62. The predicted molar refractivity (Wildman–Crippen MR) is 114 cm³/mol. The van der Waals surface area contributed by atoms with E-state index < -0.39 is 23.2 Å². The third kappa shape index (κ3) is 6.15. The molecule has 0 spiro atoms. The fraction of sp³-hybridized carbons (Fsp3) is 0.500. The van der Waals surface area contributed by atoms with Crippen LogP contribution in [-0.4, -0.2) is 27.8 Å². The average molecular weight is 420 g/mol. The minimum absolute atomic E-state index is 0.172. The van der Waals surface area contributed by atoms with Crippen LogP contribution in [0.15, 0.2) is 36.7 Å². The Labute approximate surface area is 177 Å².